The van der Waals surface area contributed by atoms with Gasteiger partial charge in [0.2, 0.25) is 0 Å². The van der Waals surface area contributed by atoms with Crippen LogP contribution in [0.5, 0.6) is 11.5 Å². The predicted molar refractivity (Wildman–Crippen MR) is 72.2 cm³/mol. The number of alkyl halides is 3. The number of nitrogen functional groups attached to an aromatic ring is 1. The van der Waals surface area contributed by atoms with E-state index >= 15 is 0 Å². The number of benzene rings is 1. The van der Waals surface area contributed by atoms with E-state index in [0.717, 1.165) is 12.1 Å². The number of hydrogen-bond donors (Lipinski definition) is 1. The van der Waals surface area contributed by atoms with E-state index in [1.807, 2.05) is 0 Å². The first-order chi connectivity index (χ1) is 9.85. The molecule has 0 spiro atoms. The van der Waals surface area contributed by atoms with Gasteiger partial charge >= 0.3 is 6.18 Å². The van der Waals surface area contributed by atoms with Crippen LogP contribution in [-0.2, 0) is 6.18 Å². The second-order valence-electron chi connectivity index (χ2n) is 4.23. The van der Waals surface area contributed by atoms with Gasteiger partial charge in [0.25, 0.3) is 0 Å². The largest absolute Gasteiger partial charge is 0.497 e. The summed E-state index contributed by atoms with van der Waals surface area (Å²) in [6.07, 6.45) is -4.50. The van der Waals surface area contributed by atoms with Crippen LogP contribution < -0.4 is 15.2 Å². The molecule has 2 rings (SSSR count). The minimum Gasteiger partial charge on any atom is -0.497 e. The predicted octanol–water partition coefficient (Wildman–Crippen LogP) is 3.37. The number of halogens is 3. The minimum absolute atomic E-state index is 0.0677. The summed E-state index contributed by atoms with van der Waals surface area (Å²) in [4.78, 5) is 3.94. The Bertz CT molecular complexity index is 657. The fraction of sp³-hybridized carbons (Fsp3) is 0.214. The Morgan fingerprint density at radius 1 is 1.05 bits per heavy atom. The standard InChI is InChI=1S/C14H13F3N2O2/c1-20-9-3-4-12(21-2)10(7-9)11-5-8(14(15,16)17)6-13(18)19-11/h3-7H,1-2H3,(H2,18,19). The van der Waals surface area contributed by atoms with Crippen molar-refractivity contribution in [3.05, 3.63) is 35.9 Å². The van der Waals surface area contributed by atoms with E-state index in [-0.39, 0.29) is 11.5 Å². The molecule has 1 aromatic carbocycles. The molecule has 0 radical (unpaired) electrons. The van der Waals surface area contributed by atoms with Crippen LogP contribution in [0.3, 0.4) is 0 Å². The van der Waals surface area contributed by atoms with Crippen molar-refractivity contribution in [1.82, 2.24) is 4.98 Å². The number of rotatable bonds is 3. The van der Waals surface area contributed by atoms with Crippen molar-refractivity contribution >= 4 is 5.82 Å². The lowest BCUT2D eigenvalue weighted by Crippen LogP contribution is -2.07. The number of anilines is 1. The van der Waals surface area contributed by atoms with E-state index in [4.69, 9.17) is 15.2 Å². The second-order valence-corrected chi connectivity index (χ2v) is 4.23. The molecule has 0 saturated carbocycles. The monoisotopic (exact) mass is 298 g/mol. The van der Waals surface area contributed by atoms with Crippen LogP contribution in [0.2, 0.25) is 0 Å². The molecule has 1 aromatic heterocycles. The maximum atomic E-state index is 12.9. The summed E-state index contributed by atoms with van der Waals surface area (Å²) in [5.41, 5.74) is 5.04. The molecule has 7 heteroatoms. The summed E-state index contributed by atoms with van der Waals surface area (Å²) in [5, 5.41) is 0. The molecule has 112 valence electrons. The van der Waals surface area contributed by atoms with Crippen LogP contribution in [0.1, 0.15) is 5.56 Å². The number of ether oxygens (including phenoxy) is 2. The Kier molecular flexibility index (Phi) is 3.93. The first-order valence-electron chi connectivity index (χ1n) is 5.92. The average Bonchev–Trinajstić information content (AvgIpc) is 2.45. The normalized spacial score (nSPS) is 11.3. The third kappa shape index (κ3) is 3.18. The van der Waals surface area contributed by atoms with E-state index in [1.54, 1.807) is 18.2 Å². The van der Waals surface area contributed by atoms with E-state index in [1.165, 1.54) is 14.2 Å². The molecular weight excluding hydrogens is 285 g/mol. The van der Waals surface area contributed by atoms with Crippen molar-refractivity contribution in [2.24, 2.45) is 0 Å². The van der Waals surface area contributed by atoms with E-state index in [2.05, 4.69) is 4.98 Å². The summed E-state index contributed by atoms with van der Waals surface area (Å²) in [7, 11) is 2.88. The zero-order valence-electron chi connectivity index (χ0n) is 11.4. The van der Waals surface area contributed by atoms with Gasteiger partial charge in [-0.15, -0.1) is 0 Å². The number of nitrogens with two attached hydrogens (primary N) is 1. The van der Waals surface area contributed by atoms with Crippen molar-refractivity contribution in [2.75, 3.05) is 20.0 Å². The maximum absolute atomic E-state index is 12.9. The zero-order chi connectivity index (χ0) is 15.6. The molecule has 2 N–H and O–H groups in total. The fourth-order valence-corrected chi connectivity index (χ4v) is 1.87. The quantitative estimate of drug-likeness (QED) is 0.944. The second kappa shape index (κ2) is 5.51. The summed E-state index contributed by atoms with van der Waals surface area (Å²) >= 11 is 0. The minimum atomic E-state index is -4.50. The van der Waals surface area contributed by atoms with Gasteiger partial charge in [0.05, 0.1) is 25.5 Å². The third-order valence-corrected chi connectivity index (χ3v) is 2.86. The van der Waals surface area contributed by atoms with Gasteiger partial charge in [-0.05, 0) is 30.3 Å². The van der Waals surface area contributed by atoms with Crippen molar-refractivity contribution in [3.63, 3.8) is 0 Å². The first-order valence-corrected chi connectivity index (χ1v) is 5.92. The van der Waals surface area contributed by atoms with Crippen LogP contribution >= 0.6 is 0 Å². The molecule has 21 heavy (non-hydrogen) atoms. The highest BCUT2D eigenvalue weighted by Crippen LogP contribution is 2.36. The lowest BCUT2D eigenvalue weighted by atomic mass is 10.1. The fourth-order valence-electron chi connectivity index (χ4n) is 1.87. The molecule has 0 fully saturated rings. The molecule has 4 nitrogen and oxygen atoms in total. The molecule has 0 aliphatic rings. The van der Waals surface area contributed by atoms with Crippen LogP contribution in [-0.4, -0.2) is 19.2 Å². The van der Waals surface area contributed by atoms with Crippen LogP contribution in [0.25, 0.3) is 11.3 Å². The number of nitrogens with zero attached hydrogens (tertiary/aromatic N) is 1. The first kappa shape index (κ1) is 15.0. The van der Waals surface area contributed by atoms with Crippen LogP contribution in [0.15, 0.2) is 30.3 Å². The lowest BCUT2D eigenvalue weighted by molar-refractivity contribution is -0.137. The zero-order valence-corrected chi connectivity index (χ0v) is 11.4. The average molecular weight is 298 g/mol. The molecule has 0 unspecified atom stereocenters. The topological polar surface area (TPSA) is 57.4 Å². The summed E-state index contributed by atoms with van der Waals surface area (Å²) in [5.74, 6) is 0.635. The van der Waals surface area contributed by atoms with Gasteiger partial charge in [0, 0.05) is 5.56 Å². The third-order valence-electron chi connectivity index (χ3n) is 2.86. The Hall–Kier alpha value is -2.44. The highest BCUT2D eigenvalue weighted by atomic mass is 19.4. The van der Waals surface area contributed by atoms with Gasteiger partial charge in [-0.2, -0.15) is 13.2 Å². The Morgan fingerprint density at radius 2 is 1.76 bits per heavy atom. The SMILES string of the molecule is COc1ccc(OC)c(-c2cc(C(F)(F)F)cc(N)n2)c1. The summed E-state index contributed by atoms with van der Waals surface area (Å²) < 4.78 is 48.8. The van der Waals surface area contributed by atoms with Gasteiger partial charge < -0.3 is 15.2 Å². The highest BCUT2D eigenvalue weighted by molar-refractivity contribution is 5.70. The molecule has 1 heterocycles. The summed E-state index contributed by atoms with van der Waals surface area (Å²) in [6.45, 7) is 0. The molecule has 2 aromatic rings. The van der Waals surface area contributed by atoms with E-state index in [0.29, 0.717) is 17.1 Å². The molecule has 0 amide bonds. The van der Waals surface area contributed by atoms with Gasteiger partial charge in [0.1, 0.15) is 17.3 Å². The van der Waals surface area contributed by atoms with E-state index < -0.39 is 11.7 Å². The number of aromatic nitrogens is 1. The maximum Gasteiger partial charge on any atom is 0.416 e. The Balaban J connectivity index is 2.63. The van der Waals surface area contributed by atoms with Gasteiger partial charge in [-0.3, -0.25) is 0 Å². The van der Waals surface area contributed by atoms with Crippen molar-refractivity contribution in [3.8, 4) is 22.8 Å². The molecule has 0 saturated heterocycles. The van der Waals surface area contributed by atoms with Crippen LogP contribution in [0, 0.1) is 0 Å². The number of hydrogen-bond acceptors (Lipinski definition) is 4. The Morgan fingerprint density at radius 3 is 2.33 bits per heavy atom. The molecule has 0 atom stereocenters. The number of methoxy groups -OCH3 is 2. The Labute approximate surface area is 119 Å². The molecule has 0 aliphatic heterocycles. The van der Waals surface area contributed by atoms with Crippen molar-refractivity contribution < 1.29 is 22.6 Å². The smallest absolute Gasteiger partial charge is 0.416 e. The van der Waals surface area contributed by atoms with Gasteiger partial charge in [-0.25, -0.2) is 4.98 Å². The van der Waals surface area contributed by atoms with Gasteiger partial charge in [-0.1, -0.05) is 0 Å². The molecule has 0 bridgehead atoms. The highest BCUT2D eigenvalue weighted by Gasteiger charge is 2.31. The lowest BCUT2D eigenvalue weighted by Gasteiger charge is -2.13. The van der Waals surface area contributed by atoms with Gasteiger partial charge in [0.15, 0.2) is 0 Å². The molecule has 0 aliphatic carbocycles. The molecular formula is C14H13F3N2O2. The van der Waals surface area contributed by atoms with Crippen LogP contribution in [0.4, 0.5) is 19.0 Å². The van der Waals surface area contributed by atoms with E-state index in [9.17, 15) is 13.2 Å². The summed E-state index contributed by atoms with van der Waals surface area (Å²) in [6, 6.07) is 6.48. The number of pyridine rings is 1. The van der Waals surface area contributed by atoms with Crippen molar-refractivity contribution in [1.29, 1.82) is 0 Å². The van der Waals surface area contributed by atoms with Crippen molar-refractivity contribution in [2.45, 2.75) is 6.18 Å².